The molecule has 1 unspecified atom stereocenters. The van der Waals surface area contributed by atoms with Gasteiger partial charge in [-0.3, -0.25) is 0 Å². The molecule has 0 spiro atoms. The van der Waals surface area contributed by atoms with Crippen molar-refractivity contribution >= 4 is 11.4 Å². The van der Waals surface area contributed by atoms with Gasteiger partial charge in [-0.05, 0) is 25.5 Å². The Bertz CT molecular complexity index is 326. The molecular formula is C13H21FN2. The van der Waals surface area contributed by atoms with Crippen LogP contribution in [0.3, 0.4) is 0 Å². The van der Waals surface area contributed by atoms with Crippen LogP contribution >= 0.6 is 0 Å². The molecule has 3 N–H and O–H groups in total. The average Bonchev–Trinajstić information content (AvgIpc) is 2.25. The molecule has 16 heavy (non-hydrogen) atoms. The maximum Gasteiger partial charge on any atom is 0.148 e. The van der Waals surface area contributed by atoms with E-state index in [2.05, 4.69) is 19.2 Å². The van der Waals surface area contributed by atoms with Crippen LogP contribution in [0.5, 0.6) is 0 Å². The summed E-state index contributed by atoms with van der Waals surface area (Å²) in [6, 6.07) is 5.19. The lowest BCUT2D eigenvalue weighted by molar-refractivity contribution is 0.613. The van der Waals surface area contributed by atoms with Gasteiger partial charge in [-0.2, -0.15) is 0 Å². The quantitative estimate of drug-likeness (QED) is 0.570. The zero-order valence-electron chi connectivity index (χ0n) is 10.1. The lowest BCUT2D eigenvalue weighted by Crippen LogP contribution is -2.16. The molecule has 0 aromatic heterocycles. The first kappa shape index (κ1) is 12.8. The van der Waals surface area contributed by atoms with E-state index in [9.17, 15) is 4.39 Å². The largest absolute Gasteiger partial charge is 0.395 e. The van der Waals surface area contributed by atoms with Crippen molar-refractivity contribution in [3.05, 3.63) is 24.0 Å². The molecule has 90 valence electrons. The highest BCUT2D eigenvalue weighted by Crippen LogP contribution is 2.22. The number of para-hydroxylation sites is 1. The van der Waals surface area contributed by atoms with E-state index < -0.39 is 0 Å². The summed E-state index contributed by atoms with van der Waals surface area (Å²) in [6.45, 7) is 4.28. The van der Waals surface area contributed by atoms with E-state index in [-0.39, 0.29) is 11.5 Å². The maximum absolute atomic E-state index is 13.2. The normalized spacial score (nSPS) is 12.4. The fourth-order valence-electron chi connectivity index (χ4n) is 1.70. The topological polar surface area (TPSA) is 38.0 Å². The number of nitrogen functional groups attached to an aromatic ring is 1. The SMILES string of the molecule is CCCCCC(C)Nc1cccc(F)c1N. The van der Waals surface area contributed by atoms with Gasteiger partial charge in [0.05, 0.1) is 11.4 Å². The standard InChI is InChI=1S/C13H21FN2/c1-3-4-5-7-10(2)16-12-9-6-8-11(14)13(12)15/h6,8-10,16H,3-5,7,15H2,1-2H3. The Hall–Kier alpha value is -1.25. The maximum atomic E-state index is 13.2. The van der Waals surface area contributed by atoms with Crippen molar-refractivity contribution in [3.63, 3.8) is 0 Å². The van der Waals surface area contributed by atoms with Gasteiger partial charge in [-0.1, -0.05) is 32.3 Å². The van der Waals surface area contributed by atoms with Gasteiger partial charge in [0, 0.05) is 6.04 Å². The third-order valence-corrected chi connectivity index (χ3v) is 2.70. The van der Waals surface area contributed by atoms with Crippen molar-refractivity contribution in [3.8, 4) is 0 Å². The number of nitrogens with one attached hydrogen (secondary N) is 1. The Labute approximate surface area is 97.0 Å². The molecule has 1 rings (SSSR count). The zero-order chi connectivity index (χ0) is 12.0. The second kappa shape index (κ2) is 6.36. The van der Waals surface area contributed by atoms with E-state index in [1.165, 1.54) is 25.3 Å². The molecule has 0 aliphatic rings. The van der Waals surface area contributed by atoms with E-state index in [1.807, 2.05) is 6.07 Å². The number of halogens is 1. The van der Waals surface area contributed by atoms with Crippen molar-refractivity contribution in [1.29, 1.82) is 0 Å². The molecule has 0 saturated carbocycles. The first-order chi connectivity index (χ1) is 7.65. The van der Waals surface area contributed by atoms with Gasteiger partial charge in [-0.15, -0.1) is 0 Å². The minimum absolute atomic E-state index is 0.213. The zero-order valence-corrected chi connectivity index (χ0v) is 10.1. The van der Waals surface area contributed by atoms with Gasteiger partial charge in [0.25, 0.3) is 0 Å². The number of anilines is 2. The Morgan fingerprint density at radius 2 is 2.12 bits per heavy atom. The summed E-state index contributed by atoms with van der Waals surface area (Å²) >= 11 is 0. The molecular weight excluding hydrogens is 203 g/mol. The van der Waals surface area contributed by atoms with Crippen LogP contribution in [-0.2, 0) is 0 Å². The van der Waals surface area contributed by atoms with Crippen molar-refractivity contribution in [2.45, 2.75) is 45.6 Å². The molecule has 0 amide bonds. The predicted molar refractivity (Wildman–Crippen MR) is 68.0 cm³/mol. The summed E-state index contributed by atoms with van der Waals surface area (Å²) in [7, 11) is 0. The molecule has 1 atom stereocenters. The summed E-state index contributed by atoms with van der Waals surface area (Å²) < 4.78 is 13.2. The Balaban J connectivity index is 2.49. The smallest absolute Gasteiger partial charge is 0.148 e. The second-order valence-corrected chi connectivity index (χ2v) is 4.24. The fraction of sp³-hybridized carbons (Fsp3) is 0.538. The first-order valence-electron chi connectivity index (χ1n) is 5.95. The van der Waals surface area contributed by atoms with Gasteiger partial charge >= 0.3 is 0 Å². The molecule has 2 nitrogen and oxygen atoms in total. The Morgan fingerprint density at radius 3 is 2.81 bits per heavy atom. The van der Waals surface area contributed by atoms with E-state index in [0.717, 1.165) is 6.42 Å². The van der Waals surface area contributed by atoms with Gasteiger partial charge in [0.2, 0.25) is 0 Å². The highest BCUT2D eigenvalue weighted by Gasteiger charge is 2.07. The van der Waals surface area contributed by atoms with Gasteiger partial charge in [0.1, 0.15) is 5.82 Å². The van der Waals surface area contributed by atoms with Crippen LogP contribution in [-0.4, -0.2) is 6.04 Å². The summed E-state index contributed by atoms with van der Waals surface area (Å²) in [5.74, 6) is -0.356. The lowest BCUT2D eigenvalue weighted by Gasteiger charge is -2.16. The Kier molecular flexibility index (Phi) is 5.09. The van der Waals surface area contributed by atoms with Crippen LogP contribution in [0.4, 0.5) is 15.8 Å². The van der Waals surface area contributed by atoms with Crippen LogP contribution in [0.2, 0.25) is 0 Å². The predicted octanol–water partition coefficient (Wildman–Crippen LogP) is 3.79. The van der Waals surface area contributed by atoms with Crippen molar-refractivity contribution < 1.29 is 4.39 Å². The molecule has 0 radical (unpaired) electrons. The minimum Gasteiger partial charge on any atom is -0.395 e. The van der Waals surface area contributed by atoms with E-state index in [4.69, 9.17) is 5.73 Å². The van der Waals surface area contributed by atoms with Crippen LogP contribution in [0.1, 0.15) is 39.5 Å². The summed E-state index contributed by atoms with van der Waals surface area (Å²) in [5.41, 5.74) is 6.56. The summed E-state index contributed by atoms with van der Waals surface area (Å²) in [5, 5.41) is 3.24. The van der Waals surface area contributed by atoms with Crippen LogP contribution in [0.15, 0.2) is 18.2 Å². The molecule has 1 aromatic rings. The number of unbranched alkanes of at least 4 members (excludes halogenated alkanes) is 2. The van der Waals surface area contributed by atoms with E-state index in [0.29, 0.717) is 11.7 Å². The number of rotatable bonds is 6. The number of benzene rings is 1. The van der Waals surface area contributed by atoms with Gasteiger partial charge in [-0.25, -0.2) is 4.39 Å². The Morgan fingerprint density at radius 1 is 1.38 bits per heavy atom. The molecule has 0 saturated heterocycles. The molecule has 0 aliphatic carbocycles. The molecule has 0 fully saturated rings. The van der Waals surface area contributed by atoms with Crippen molar-refractivity contribution in [2.24, 2.45) is 0 Å². The number of hydrogen-bond acceptors (Lipinski definition) is 2. The third kappa shape index (κ3) is 3.72. The van der Waals surface area contributed by atoms with Crippen molar-refractivity contribution in [2.75, 3.05) is 11.1 Å². The van der Waals surface area contributed by atoms with Crippen LogP contribution in [0, 0.1) is 5.82 Å². The molecule has 0 heterocycles. The average molecular weight is 224 g/mol. The van der Waals surface area contributed by atoms with Gasteiger partial charge in [0.15, 0.2) is 0 Å². The summed E-state index contributed by atoms with van der Waals surface area (Å²) in [6.07, 6.45) is 4.74. The number of nitrogens with two attached hydrogens (primary N) is 1. The van der Waals surface area contributed by atoms with Gasteiger partial charge < -0.3 is 11.1 Å². The monoisotopic (exact) mass is 224 g/mol. The third-order valence-electron chi connectivity index (χ3n) is 2.70. The summed E-state index contributed by atoms with van der Waals surface area (Å²) in [4.78, 5) is 0. The molecule has 1 aromatic carbocycles. The highest BCUT2D eigenvalue weighted by molar-refractivity contribution is 5.66. The first-order valence-corrected chi connectivity index (χ1v) is 5.95. The van der Waals surface area contributed by atoms with Crippen LogP contribution < -0.4 is 11.1 Å². The minimum atomic E-state index is -0.356. The second-order valence-electron chi connectivity index (χ2n) is 4.24. The van der Waals surface area contributed by atoms with Crippen LogP contribution in [0.25, 0.3) is 0 Å². The van der Waals surface area contributed by atoms with E-state index >= 15 is 0 Å². The molecule has 0 bridgehead atoms. The number of hydrogen-bond donors (Lipinski definition) is 2. The molecule has 3 heteroatoms. The van der Waals surface area contributed by atoms with Crippen molar-refractivity contribution in [1.82, 2.24) is 0 Å². The highest BCUT2D eigenvalue weighted by atomic mass is 19.1. The lowest BCUT2D eigenvalue weighted by atomic mass is 10.1. The molecule has 0 aliphatic heterocycles. The fourth-order valence-corrected chi connectivity index (χ4v) is 1.70. The van der Waals surface area contributed by atoms with E-state index in [1.54, 1.807) is 6.07 Å².